The lowest BCUT2D eigenvalue weighted by atomic mass is 10.2. The van der Waals surface area contributed by atoms with Crippen molar-refractivity contribution in [3.63, 3.8) is 0 Å². The fourth-order valence-corrected chi connectivity index (χ4v) is 4.96. The van der Waals surface area contributed by atoms with Crippen molar-refractivity contribution in [2.75, 3.05) is 0 Å². The number of hydrogen-bond donors (Lipinski definition) is 2. The highest BCUT2D eigenvalue weighted by atomic mass is 19.5. The third-order valence-corrected chi connectivity index (χ3v) is 8.37. The standard InChI is InChI=1S/C32H10F28N4O4/c33-21(34,25(41,42)43)29(53,54)65-17-9-1-2-10(61-9)18(66-30(55,56)22(35,36)26(44,45)46)12-5-6-14(63-12)20(68-32(59,60)24(39,40)28(50,51)52)16-8-7-15(64-16)19(13-4-3-11(17)62-13)67-31(57,58)23(37,38)27(47,48)49/h1-8,61,64H. The third kappa shape index (κ3) is 8.75. The number of alkyl halides is 28. The first-order valence-corrected chi connectivity index (χ1v) is 16.5. The maximum atomic E-state index is 14.8. The number of H-pyrrole nitrogens is 2. The molecule has 5 heterocycles. The van der Waals surface area contributed by atoms with E-state index in [2.05, 4.69) is 28.9 Å². The van der Waals surface area contributed by atoms with Gasteiger partial charge in [0.25, 0.3) is 0 Å². The number of aromatic nitrogens is 4. The van der Waals surface area contributed by atoms with Gasteiger partial charge in [0.15, 0.2) is 23.0 Å². The highest BCUT2D eigenvalue weighted by molar-refractivity contribution is 5.87. The molecule has 0 saturated heterocycles. The van der Waals surface area contributed by atoms with Gasteiger partial charge in [-0.2, -0.15) is 123 Å². The van der Waals surface area contributed by atoms with E-state index in [1.165, 1.54) is 9.97 Å². The number of aromatic amines is 2. The summed E-state index contributed by atoms with van der Waals surface area (Å²) in [7, 11) is 0. The van der Waals surface area contributed by atoms with Crippen molar-refractivity contribution in [3.8, 4) is 23.0 Å². The average Bonchev–Trinajstić information content (AvgIpc) is 4.00. The second-order valence-corrected chi connectivity index (χ2v) is 13.1. The van der Waals surface area contributed by atoms with Crippen LogP contribution in [0.5, 0.6) is 23.0 Å². The normalized spacial score (nSPS) is 15.2. The molecule has 0 amide bonds. The molecular weight excluding hydrogens is 1040 g/mol. The molecule has 0 unspecified atom stereocenters. The molecule has 3 aromatic rings. The number of nitrogens with one attached hydrogen (secondary N) is 2. The highest BCUT2D eigenvalue weighted by Gasteiger charge is 2.79. The minimum Gasteiger partial charge on any atom is -0.423 e. The predicted octanol–water partition coefficient (Wildman–Crippen LogP) is 13.3. The van der Waals surface area contributed by atoms with Crippen LogP contribution in [0.25, 0.3) is 46.4 Å². The molecular formula is C32H10F28N4O4. The Morgan fingerprint density at radius 3 is 0.588 bits per heavy atom. The summed E-state index contributed by atoms with van der Waals surface area (Å²) in [6.45, 7) is 0. The van der Waals surface area contributed by atoms with E-state index in [1.807, 2.05) is 0 Å². The van der Waals surface area contributed by atoms with Gasteiger partial charge >= 0.3 is 72.8 Å². The van der Waals surface area contributed by atoms with Crippen molar-refractivity contribution in [2.24, 2.45) is 0 Å². The Bertz CT molecular complexity index is 2320. The fraction of sp³-hybridized carbons (Fsp3) is 0.375. The zero-order valence-corrected chi connectivity index (χ0v) is 30.7. The van der Waals surface area contributed by atoms with E-state index >= 15 is 0 Å². The molecule has 0 radical (unpaired) electrons. The Labute approximate surface area is 351 Å². The minimum atomic E-state index is -7.35. The van der Waals surface area contributed by atoms with Gasteiger partial charge in [-0.1, -0.05) is 0 Å². The van der Waals surface area contributed by atoms with Crippen LogP contribution in [0, 0.1) is 0 Å². The van der Waals surface area contributed by atoms with E-state index in [9.17, 15) is 123 Å². The van der Waals surface area contributed by atoms with E-state index in [0.717, 1.165) is 0 Å². The van der Waals surface area contributed by atoms with E-state index in [0.29, 0.717) is 0 Å². The Balaban J connectivity index is 2.05. The van der Waals surface area contributed by atoms with Crippen LogP contribution in [0.1, 0.15) is 22.8 Å². The number of nitrogens with zero attached hydrogens (tertiary/aromatic N) is 2. The molecule has 36 heteroatoms. The SMILES string of the molecule is FC(F)(F)C(F)(F)C(F)(F)Oc1c2nc(c(OC(F)(F)C(F)(F)C(F)(F)F)c3ccc([nH]3)c(OC(F)(F)C(F)(F)C(F)(F)F)c3nc(c(OC(F)(F)C(F)(F)C(F)(F)F)c4ccc1[nH]4)C=C3)C=C2. The summed E-state index contributed by atoms with van der Waals surface area (Å²) in [4.78, 5) is 8.90. The van der Waals surface area contributed by atoms with Crippen molar-refractivity contribution < 1.29 is 142 Å². The second kappa shape index (κ2) is 15.7. The first-order chi connectivity index (χ1) is 30.2. The predicted molar refractivity (Wildman–Crippen MR) is 165 cm³/mol. The Morgan fingerprint density at radius 2 is 0.441 bits per heavy atom. The van der Waals surface area contributed by atoms with Crippen molar-refractivity contribution in [1.82, 2.24) is 19.9 Å². The fourth-order valence-electron chi connectivity index (χ4n) is 4.96. The van der Waals surface area contributed by atoms with Crippen LogP contribution >= 0.6 is 0 Å². The lowest BCUT2D eigenvalue weighted by Gasteiger charge is -2.28. The topological polar surface area (TPSA) is 94.3 Å². The summed E-state index contributed by atoms with van der Waals surface area (Å²) in [6, 6.07) is -0.267. The Kier molecular flexibility index (Phi) is 12.2. The smallest absolute Gasteiger partial charge is 0.423 e. The average molecular weight is 1050 g/mol. The second-order valence-electron chi connectivity index (χ2n) is 13.1. The van der Waals surface area contributed by atoms with Gasteiger partial charge < -0.3 is 28.9 Å². The van der Waals surface area contributed by atoms with E-state index in [4.69, 9.17) is 0 Å². The molecule has 0 atom stereocenters. The van der Waals surface area contributed by atoms with Gasteiger partial charge in [0.1, 0.15) is 22.8 Å². The summed E-state index contributed by atoms with van der Waals surface area (Å²) >= 11 is 0. The molecule has 3 aromatic heterocycles. The number of rotatable bonds is 12. The van der Waals surface area contributed by atoms with Crippen molar-refractivity contribution >= 4 is 46.4 Å². The molecule has 5 rings (SSSR count). The summed E-state index contributed by atoms with van der Waals surface area (Å²) in [6.07, 6.45) is -57.5. The molecule has 378 valence electrons. The first-order valence-electron chi connectivity index (χ1n) is 16.5. The highest BCUT2D eigenvalue weighted by Crippen LogP contribution is 2.53. The Morgan fingerprint density at radius 1 is 0.279 bits per heavy atom. The van der Waals surface area contributed by atoms with E-state index < -0.39 is 141 Å². The zero-order chi connectivity index (χ0) is 52.2. The van der Waals surface area contributed by atoms with Crippen LogP contribution in [-0.4, -0.2) is 92.8 Å². The van der Waals surface area contributed by atoms with Gasteiger partial charge in [-0.15, -0.1) is 0 Å². The van der Waals surface area contributed by atoms with Crippen LogP contribution < -0.4 is 18.9 Å². The molecule has 68 heavy (non-hydrogen) atoms. The van der Waals surface area contributed by atoms with Gasteiger partial charge in [-0.3, -0.25) is 0 Å². The summed E-state index contributed by atoms with van der Waals surface area (Å²) < 4.78 is 402. The zero-order valence-electron chi connectivity index (χ0n) is 30.7. The lowest BCUT2D eigenvalue weighted by Crippen LogP contribution is -2.55. The maximum absolute atomic E-state index is 14.8. The lowest BCUT2D eigenvalue weighted by molar-refractivity contribution is -0.403. The molecule has 2 aliphatic rings. The quantitative estimate of drug-likeness (QED) is 0.121. The Hall–Kier alpha value is -6.16. The number of ether oxygens (including phenoxy) is 4. The van der Waals surface area contributed by atoms with Crippen LogP contribution in [0.4, 0.5) is 123 Å². The maximum Gasteiger partial charge on any atom is 0.474 e. The molecule has 0 saturated carbocycles. The van der Waals surface area contributed by atoms with Gasteiger partial charge in [0, 0.05) is 0 Å². The summed E-state index contributed by atoms with van der Waals surface area (Å²) in [5.41, 5.74) is -14.5. The van der Waals surface area contributed by atoms with Crippen molar-refractivity contribution in [2.45, 2.75) is 72.8 Å². The molecule has 0 aliphatic carbocycles. The van der Waals surface area contributed by atoms with Crippen LogP contribution in [-0.2, 0) is 0 Å². The molecule has 2 N–H and O–H groups in total. The van der Waals surface area contributed by atoms with Gasteiger partial charge in [-0.25, -0.2) is 9.97 Å². The van der Waals surface area contributed by atoms with Gasteiger partial charge in [0.2, 0.25) is 0 Å². The largest absolute Gasteiger partial charge is 0.474 e. The molecule has 8 nitrogen and oxygen atoms in total. The monoisotopic (exact) mass is 1050 g/mol. The summed E-state index contributed by atoms with van der Waals surface area (Å²) in [5.74, 6) is -38.9. The van der Waals surface area contributed by atoms with Crippen LogP contribution in [0.2, 0.25) is 0 Å². The van der Waals surface area contributed by atoms with Crippen molar-refractivity contribution in [1.29, 1.82) is 0 Å². The van der Waals surface area contributed by atoms with Crippen LogP contribution in [0.3, 0.4) is 0 Å². The number of hydrogen-bond acceptors (Lipinski definition) is 6. The first kappa shape index (κ1) is 52.8. The van der Waals surface area contributed by atoms with Gasteiger partial charge in [0.05, 0.1) is 22.1 Å². The molecule has 0 aromatic carbocycles. The molecule has 2 aliphatic heterocycles. The van der Waals surface area contributed by atoms with Gasteiger partial charge in [-0.05, 0) is 48.6 Å². The van der Waals surface area contributed by atoms with Crippen molar-refractivity contribution in [3.05, 3.63) is 47.0 Å². The van der Waals surface area contributed by atoms with E-state index in [-0.39, 0.29) is 48.6 Å². The number of halogens is 28. The molecule has 8 bridgehead atoms. The molecule has 0 spiro atoms. The minimum absolute atomic E-state index is 0.0668. The van der Waals surface area contributed by atoms with E-state index in [1.54, 1.807) is 0 Å². The third-order valence-electron chi connectivity index (χ3n) is 8.37. The van der Waals surface area contributed by atoms with Crippen LogP contribution in [0.15, 0.2) is 24.3 Å². The molecule has 0 fully saturated rings. The number of fused-ring (bicyclic) bond motifs is 8. The summed E-state index contributed by atoms with van der Waals surface area (Å²) in [5, 5.41) is 0.